The van der Waals surface area contributed by atoms with Gasteiger partial charge in [0.05, 0.1) is 17.8 Å². The number of amides is 2. The molecule has 3 rings (SSSR count). The van der Waals surface area contributed by atoms with E-state index in [1.807, 2.05) is 32.9 Å². The third kappa shape index (κ3) is 5.20. The Morgan fingerprint density at radius 1 is 1.23 bits per heavy atom. The number of esters is 1. The molecule has 1 aliphatic rings. The summed E-state index contributed by atoms with van der Waals surface area (Å²) in [6, 6.07) is 4.08. The van der Waals surface area contributed by atoms with Crippen molar-refractivity contribution in [2.45, 2.75) is 40.7 Å². The van der Waals surface area contributed by atoms with Gasteiger partial charge in [-0.2, -0.15) is 0 Å². The van der Waals surface area contributed by atoms with Crippen molar-refractivity contribution in [3.63, 3.8) is 0 Å². The van der Waals surface area contributed by atoms with Crippen LogP contribution in [-0.2, 0) is 20.9 Å². The van der Waals surface area contributed by atoms with Crippen molar-refractivity contribution in [2.75, 3.05) is 23.7 Å². The van der Waals surface area contributed by atoms with Crippen LogP contribution >= 0.6 is 23.1 Å². The highest BCUT2D eigenvalue weighted by Crippen LogP contribution is 2.34. The number of anilines is 2. The van der Waals surface area contributed by atoms with Crippen molar-refractivity contribution < 1.29 is 19.1 Å². The average Bonchev–Trinajstić information content (AvgIpc) is 3.29. The van der Waals surface area contributed by atoms with E-state index in [1.54, 1.807) is 15.2 Å². The minimum Gasteiger partial charge on any atom is -0.459 e. The maximum atomic E-state index is 12.4. The van der Waals surface area contributed by atoms with Crippen molar-refractivity contribution >= 4 is 51.0 Å². The number of carbonyl (C=O) groups excluding carboxylic acids is 3. The SMILES string of the molecule is CC(=O)N(c1nc(COC(=O)CCN2CCSC2=O)cs1)c1c(C)cc(C)cc1C. The number of aromatic nitrogens is 1. The Bertz CT molecular complexity index is 950. The Hall–Kier alpha value is -2.39. The lowest BCUT2D eigenvalue weighted by Crippen LogP contribution is -2.26. The zero-order chi connectivity index (χ0) is 21.8. The van der Waals surface area contributed by atoms with Crippen LogP contribution in [-0.4, -0.2) is 45.8 Å². The van der Waals surface area contributed by atoms with Crippen LogP contribution in [0.4, 0.5) is 15.6 Å². The summed E-state index contributed by atoms with van der Waals surface area (Å²) in [7, 11) is 0. The predicted molar refractivity (Wildman–Crippen MR) is 119 cm³/mol. The number of thiazole rings is 1. The molecule has 0 bridgehead atoms. The molecule has 1 aromatic heterocycles. The minimum absolute atomic E-state index is 0.0120. The molecule has 1 aromatic carbocycles. The zero-order valence-electron chi connectivity index (χ0n) is 17.6. The van der Waals surface area contributed by atoms with Gasteiger partial charge >= 0.3 is 5.97 Å². The second-order valence-corrected chi connectivity index (χ2v) is 9.12. The van der Waals surface area contributed by atoms with Gasteiger partial charge in [-0.05, 0) is 31.9 Å². The van der Waals surface area contributed by atoms with Gasteiger partial charge in [-0.15, -0.1) is 11.3 Å². The molecule has 0 aliphatic carbocycles. The van der Waals surface area contributed by atoms with E-state index in [0.29, 0.717) is 23.9 Å². The Morgan fingerprint density at radius 2 is 1.93 bits per heavy atom. The zero-order valence-corrected chi connectivity index (χ0v) is 19.2. The first-order valence-electron chi connectivity index (χ1n) is 9.66. The predicted octanol–water partition coefficient (Wildman–Crippen LogP) is 4.36. The summed E-state index contributed by atoms with van der Waals surface area (Å²) in [6.45, 7) is 8.57. The summed E-state index contributed by atoms with van der Waals surface area (Å²) >= 11 is 2.61. The van der Waals surface area contributed by atoms with Gasteiger partial charge in [0.2, 0.25) is 5.91 Å². The minimum atomic E-state index is -0.372. The molecule has 0 atom stereocenters. The molecule has 2 aromatic rings. The number of ether oxygens (including phenoxy) is 1. The molecule has 1 saturated heterocycles. The van der Waals surface area contributed by atoms with Crippen molar-refractivity contribution in [1.29, 1.82) is 0 Å². The van der Waals surface area contributed by atoms with E-state index in [-0.39, 0.29) is 30.1 Å². The normalized spacial score (nSPS) is 13.6. The van der Waals surface area contributed by atoms with Crippen LogP contribution in [0.15, 0.2) is 17.5 Å². The maximum absolute atomic E-state index is 12.4. The fourth-order valence-corrected chi connectivity index (χ4v) is 5.17. The molecule has 30 heavy (non-hydrogen) atoms. The lowest BCUT2D eigenvalue weighted by Gasteiger charge is -2.23. The average molecular weight is 448 g/mol. The van der Waals surface area contributed by atoms with Gasteiger partial charge in [-0.3, -0.25) is 19.3 Å². The largest absolute Gasteiger partial charge is 0.459 e. The first-order valence-corrected chi connectivity index (χ1v) is 11.5. The second-order valence-electron chi connectivity index (χ2n) is 7.24. The van der Waals surface area contributed by atoms with E-state index in [9.17, 15) is 14.4 Å². The van der Waals surface area contributed by atoms with Crippen LogP contribution < -0.4 is 4.90 Å². The molecule has 0 N–H and O–H groups in total. The molecular formula is C21H25N3O4S2. The smallest absolute Gasteiger partial charge is 0.307 e. The number of rotatable bonds is 7. The van der Waals surface area contributed by atoms with E-state index >= 15 is 0 Å². The number of carbonyl (C=O) groups is 3. The van der Waals surface area contributed by atoms with E-state index in [0.717, 1.165) is 28.1 Å². The topological polar surface area (TPSA) is 79.8 Å². The lowest BCUT2D eigenvalue weighted by atomic mass is 10.0. The van der Waals surface area contributed by atoms with Crippen molar-refractivity contribution in [2.24, 2.45) is 0 Å². The Labute approximate surface area is 184 Å². The van der Waals surface area contributed by atoms with Gasteiger partial charge in [-0.1, -0.05) is 29.5 Å². The molecular weight excluding hydrogens is 422 g/mol. The van der Waals surface area contributed by atoms with Crippen molar-refractivity contribution in [1.82, 2.24) is 9.88 Å². The van der Waals surface area contributed by atoms with E-state index in [2.05, 4.69) is 4.98 Å². The molecule has 0 radical (unpaired) electrons. The molecule has 0 spiro atoms. The molecule has 2 heterocycles. The highest BCUT2D eigenvalue weighted by molar-refractivity contribution is 8.13. The monoisotopic (exact) mass is 447 g/mol. The second kappa shape index (κ2) is 9.61. The van der Waals surface area contributed by atoms with Crippen molar-refractivity contribution in [3.05, 3.63) is 39.9 Å². The maximum Gasteiger partial charge on any atom is 0.307 e. The van der Waals surface area contributed by atoms with Crippen LogP contribution in [0.2, 0.25) is 0 Å². The third-order valence-electron chi connectivity index (χ3n) is 4.72. The molecule has 0 unspecified atom stereocenters. The molecule has 160 valence electrons. The third-order valence-corrected chi connectivity index (χ3v) is 6.48. The van der Waals surface area contributed by atoms with E-state index < -0.39 is 0 Å². The molecule has 0 saturated carbocycles. The number of hydrogen-bond donors (Lipinski definition) is 0. The van der Waals surface area contributed by atoms with Gasteiger partial charge < -0.3 is 9.64 Å². The molecule has 9 heteroatoms. The Balaban J connectivity index is 1.65. The number of hydrogen-bond acceptors (Lipinski definition) is 7. The highest BCUT2D eigenvalue weighted by atomic mass is 32.2. The Kier molecular flexibility index (Phi) is 7.14. The van der Waals surface area contributed by atoms with Crippen molar-refractivity contribution in [3.8, 4) is 0 Å². The summed E-state index contributed by atoms with van der Waals surface area (Å²) < 4.78 is 5.30. The van der Waals surface area contributed by atoms with E-state index in [1.165, 1.54) is 30.0 Å². The fourth-order valence-electron chi connectivity index (χ4n) is 3.46. The Morgan fingerprint density at radius 3 is 2.53 bits per heavy atom. The first kappa shape index (κ1) is 22.3. The van der Waals surface area contributed by atoms with Crippen LogP contribution in [0.5, 0.6) is 0 Å². The van der Waals surface area contributed by atoms with Gasteiger partial charge in [0, 0.05) is 31.1 Å². The standard InChI is InChI=1S/C21H25N3O4S2/c1-13-9-14(2)19(15(3)10-13)24(16(4)25)20-22-17(12-30-20)11-28-18(26)5-6-23-7-8-29-21(23)27/h9-10,12H,5-8,11H2,1-4H3. The van der Waals surface area contributed by atoms with Crippen LogP contribution in [0.3, 0.4) is 0 Å². The summed E-state index contributed by atoms with van der Waals surface area (Å²) in [4.78, 5) is 43.8. The fraction of sp³-hybridized carbons (Fsp3) is 0.429. The van der Waals surface area contributed by atoms with Gasteiger partial charge in [0.1, 0.15) is 6.61 Å². The highest BCUT2D eigenvalue weighted by Gasteiger charge is 2.23. The van der Waals surface area contributed by atoms with E-state index in [4.69, 9.17) is 4.74 Å². The van der Waals surface area contributed by atoms with Crippen LogP contribution in [0.25, 0.3) is 0 Å². The number of thioether (sulfide) groups is 1. The summed E-state index contributed by atoms with van der Waals surface area (Å²) in [6.07, 6.45) is 0.157. The number of benzene rings is 1. The first-order chi connectivity index (χ1) is 14.3. The van der Waals surface area contributed by atoms with Gasteiger partial charge in [0.15, 0.2) is 5.13 Å². The van der Waals surface area contributed by atoms with Crippen LogP contribution in [0.1, 0.15) is 35.7 Å². The summed E-state index contributed by atoms with van der Waals surface area (Å²) in [5, 5.41) is 2.35. The molecule has 1 aliphatic heterocycles. The quantitative estimate of drug-likeness (QED) is 0.587. The molecule has 1 fully saturated rings. The molecule has 7 nitrogen and oxygen atoms in total. The van der Waals surface area contributed by atoms with Gasteiger partial charge in [0.25, 0.3) is 5.24 Å². The van der Waals surface area contributed by atoms with Gasteiger partial charge in [-0.25, -0.2) is 4.98 Å². The summed E-state index contributed by atoms with van der Waals surface area (Å²) in [5.74, 6) is 0.265. The van der Waals surface area contributed by atoms with Crippen LogP contribution in [0, 0.1) is 20.8 Å². The summed E-state index contributed by atoms with van der Waals surface area (Å²) in [5.41, 5.74) is 4.56. The number of aryl methyl sites for hydroxylation is 3. The number of nitrogens with zero attached hydrogens (tertiary/aromatic N) is 3. The lowest BCUT2D eigenvalue weighted by molar-refractivity contribution is -0.145. The molecule has 2 amide bonds.